The third kappa shape index (κ3) is 2.33. The van der Waals surface area contributed by atoms with Gasteiger partial charge in [0.25, 0.3) is 5.91 Å². The van der Waals surface area contributed by atoms with E-state index in [2.05, 4.69) is 12.2 Å². The Labute approximate surface area is 121 Å². The molecule has 3 rings (SSSR count). The highest BCUT2D eigenvalue weighted by atomic mass is 32.1. The maximum absolute atomic E-state index is 12.3. The van der Waals surface area contributed by atoms with E-state index in [1.165, 1.54) is 24.2 Å². The number of benzene rings is 1. The molecule has 0 unspecified atom stereocenters. The number of nitrogens with one attached hydrogen (secondary N) is 1. The van der Waals surface area contributed by atoms with E-state index in [-0.39, 0.29) is 5.91 Å². The lowest BCUT2D eigenvalue weighted by atomic mass is 10.1. The summed E-state index contributed by atoms with van der Waals surface area (Å²) in [6.45, 7) is 2.91. The summed E-state index contributed by atoms with van der Waals surface area (Å²) in [5, 5.41) is 3.91. The zero-order valence-electron chi connectivity index (χ0n) is 11.7. The Bertz CT molecular complexity index is 674. The molecular weight excluding hydrogens is 272 g/mol. The highest BCUT2D eigenvalue weighted by molar-refractivity contribution is 7.21. The van der Waals surface area contributed by atoms with E-state index in [4.69, 9.17) is 10.5 Å². The summed E-state index contributed by atoms with van der Waals surface area (Å²) >= 11 is 1.42. The van der Waals surface area contributed by atoms with Gasteiger partial charge < -0.3 is 15.8 Å². The molecule has 3 N–H and O–H groups in total. The first-order valence-corrected chi connectivity index (χ1v) is 7.48. The van der Waals surface area contributed by atoms with Crippen molar-refractivity contribution in [2.75, 3.05) is 19.4 Å². The summed E-state index contributed by atoms with van der Waals surface area (Å²) in [5.41, 5.74) is 6.95. The fraction of sp³-hybridized carbons (Fsp3) is 0.400. The number of carbonyl (C=O) groups excluding carboxylic acids is 1. The van der Waals surface area contributed by atoms with Gasteiger partial charge in [0.1, 0.15) is 10.6 Å². The van der Waals surface area contributed by atoms with Crippen LogP contribution in [0.4, 0.5) is 5.69 Å². The van der Waals surface area contributed by atoms with E-state index in [9.17, 15) is 4.79 Å². The minimum absolute atomic E-state index is 0.0733. The number of ether oxygens (including phenoxy) is 1. The average molecular weight is 290 g/mol. The number of thiophene rings is 1. The third-order valence-electron chi connectivity index (χ3n) is 3.92. The lowest BCUT2D eigenvalue weighted by molar-refractivity contribution is 0.0951. The zero-order chi connectivity index (χ0) is 14.3. The minimum Gasteiger partial charge on any atom is -0.497 e. The van der Waals surface area contributed by atoms with Gasteiger partial charge in [-0.1, -0.05) is 6.92 Å². The molecule has 0 radical (unpaired) electrons. The highest BCUT2D eigenvalue weighted by Gasteiger charge is 2.37. The normalized spacial score (nSPS) is 16.1. The van der Waals surface area contributed by atoms with Crippen molar-refractivity contribution in [1.29, 1.82) is 0 Å². The molecule has 0 bridgehead atoms. The van der Waals surface area contributed by atoms with Crippen LogP contribution >= 0.6 is 11.3 Å². The summed E-state index contributed by atoms with van der Waals surface area (Å²) in [6.07, 6.45) is 2.37. The van der Waals surface area contributed by atoms with Gasteiger partial charge in [0.2, 0.25) is 0 Å². The molecule has 2 aromatic rings. The Kier molecular flexibility index (Phi) is 3.09. The molecule has 0 spiro atoms. The first-order valence-electron chi connectivity index (χ1n) is 6.67. The van der Waals surface area contributed by atoms with E-state index in [1.807, 2.05) is 18.2 Å². The number of nitrogen functional groups attached to an aromatic ring is 1. The lowest BCUT2D eigenvalue weighted by Gasteiger charge is -2.09. The maximum Gasteiger partial charge on any atom is 0.263 e. The van der Waals surface area contributed by atoms with Gasteiger partial charge in [-0.2, -0.15) is 0 Å². The molecule has 1 aliphatic rings. The minimum atomic E-state index is -0.0733. The Morgan fingerprint density at radius 1 is 1.50 bits per heavy atom. The standard InChI is InChI=1S/C15H18N2O2S/c1-15(5-6-15)8-17-14(18)13-12(16)10-4-3-9(19-2)7-11(10)20-13/h3-4,7H,5-6,8,16H2,1-2H3,(H,17,18). The van der Waals surface area contributed by atoms with Gasteiger partial charge >= 0.3 is 0 Å². The summed E-state index contributed by atoms with van der Waals surface area (Å²) in [6, 6.07) is 5.67. The summed E-state index contributed by atoms with van der Waals surface area (Å²) in [7, 11) is 1.63. The Hall–Kier alpha value is -1.75. The first kappa shape index (κ1) is 13.2. The fourth-order valence-corrected chi connectivity index (χ4v) is 3.22. The van der Waals surface area contributed by atoms with Crippen LogP contribution in [-0.4, -0.2) is 19.6 Å². The molecule has 1 aromatic heterocycles. The van der Waals surface area contributed by atoms with Crippen LogP contribution < -0.4 is 15.8 Å². The number of nitrogens with two attached hydrogens (primary N) is 1. The number of amides is 1. The number of hydrogen-bond acceptors (Lipinski definition) is 4. The van der Waals surface area contributed by atoms with Gasteiger partial charge in [-0.15, -0.1) is 11.3 Å². The van der Waals surface area contributed by atoms with Crippen LogP contribution in [0.3, 0.4) is 0 Å². The average Bonchev–Trinajstić information content (AvgIpc) is 3.10. The van der Waals surface area contributed by atoms with E-state index in [0.29, 0.717) is 16.0 Å². The highest BCUT2D eigenvalue weighted by Crippen LogP contribution is 2.44. The van der Waals surface area contributed by atoms with Crippen LogP contribution in [0, 0.1) is 5.41 Å². The van der Waals surface area contributed by atoms with Gasteiger partial charge in [-0.05, 0) is 36.5 Å². The second-order valence-corrected chi connectivity index (χ2v) is 6.75. The molecule has 0 atom stereocenters. The van der Waals surface area contributed by atoms with Crippen LogP contribution in [0.1, 0.15) is 29.4 Å². The van der Waals surface area contributed by atoms with Crippen molar-refractivity contribution in [2.45, 2.75) is 19.8 Å². The van der Waals surface area contributed by atoms with Crippen molar-refractivity contribution >= 4 is 33.0 Å². The zero-order valence-corrected chi connectivity index (χ0v) is 12.5. The second-order valence-electron chi connectivity index (χ2n) is 5.70. The predicted molar refractivity (Wildman–Crippen MR) is 82.5 cm³/mol. The molecule has 20 heavy (non-hydrogen) atoms. The molecule has 1 aromatic carbocycles. The van der Waals surface area contributed by atoms with Crippen LogP contribution in [0.2, 0.25) is 0 Å². The molecule has 0 saturated heterocycles. The van der Waals surface area contributed by atoms with Crippen molar-refractivity contribution < 1.29 is 9.53 Å². The molecule has 1 fully saturated rings. The Balaban J connectivity index is 1.86. The molecule has 1 amide bonds. The SMILES string of the molecule is COc1ccc2c(N)c(C(=O)NCC3(C)CC3)sc2c1. The van der Waals surface area contributed by atoms with E-state index in [0.717, 1.165) is 22.4 Å². The molecule has 106 valence electrons. The van der Waals surface area contributed by atoms with Crippen LogP contribution in [0.25, 0.3) is 10.1 Å². The topological polar surface area (TPSA) is 64.3 Å². The number of anilines is 1. The lowest BCUT2D eigenvalue weighted by Crippen LogP contribution is -2.28. The summed E-state index contributed by atoms with van der Waals surface area (Å²) < 4.78 is 6.17. The molecule has 1 saturated carbocycles. The van der Waals surface area contributed by atoms with Crippen molar-refractivity contribution in [3.05, 3.63) is 23.1 Å². The van der Waals surface area contributed by atoms with Crippen molar-refractivity contribution in [2.24, 2.45) is 5.41 Å². The quantitative estimate of drug-likeness (QED) is 0.909. The van der Waals surface area contributed by atoms with Gasteiger partial charge in [-0.3, -0.25) is 4.79 Å². The summed E-state index contributed by atoms with van der Waals surface area (Å²) in [5.74, 6) is 0.701. The van der Waals surface area contributed by atoms with Crippen LogP contribution in [0.15, 0.2) is 18.2 Å². The van der Waals surface area contributed by atoms with Crippen molar-refractivity contribution in [3.8, 4) is 5.75 Å². The number of methoxy groups -OCH3 is 1. The molecule has 4 nitrogen and oxygen atoms in total. The molecule has 1 heterocycles. The van der Waals surface area contributed by atoms with E-state index < -0.39 is 0 Å². The van der Waals surface area contributed by atoms with Gasteiger partial charge in [0.15, 0.2) is 0 Å². The van der Waals surface area contributed by atoms with Gasteiger partial charge in [0, 0.05) is 16.6 Å². The number of hydrogen-bond donors (Lipinski definition) is 2. The molecular formula is C15H18N2O2S. The van der Waals surface area contributed by atoms with Crippen molar-refractivity contribution in [1.82, 2.24) is 5.32 Å². The smallest absolute Gasteiger partial charge is 0.263 e. The third-order valence-corrected chi connectivity index (χ3v) is 5.09. The molecule has 1 aliphatic carbocycles. The Morgan fingerprint density at radius 3 is 2.90 bits per heavy atom. The first-order chi connectivity index (χ1) is 9.52. The van der Waals surface area contributed by atoms with Crippen LogP contribution in [0.5, 0.6) is 5.75 Å². The van der Waals surface area contributed by atoms with Gasteiger partial charge in [0.05, 0.1) is 12.8 Å². The number of carbonyl (C=O) groups is 1. The maximum atomic E-state index is 12.3. The van der Waals surface area contributed by atoms with Crippen LogP contribution in [-0.2, 0) is 0 Å². The van der Waals surface area contributed by atoms with E-state index >= 15 is 0 Å². The van der Waals surface area contributed by atoms with E-state index in [1.54, 1.807) is 7.11 Å². The fourth-order valence-electron chi connectivity index (χ4n) is 2.16. The Morgan fingerprint density at radius 2 is 2.25 bits per heavy atom. The largest absolute Gasteiger partial charge is 0.497 e. The number of rotatable bonds is 4. The monoisotopic (exact) mass is 290 g/mol. The van der Waals surface area contributed by atoms with Crippen molar-refractivity contribution in [3.63, 3.8) is 0 Å². The number of fused-ring (bicyclic) bond motifs is 1. The molecule has 0 aliphatic heterocycles. The van der Waals surface area contributed by atoms with Gasteiger partial charge in [-0.25, -0.2) is 0 Å². The predicted octanol–water partition coefficient (Wildman–Crippen LogP) is 3.02. The molecule has 5 heteroatoms. The second kappa shape index (κ2) is 4.66. The summed E-state index contributed by atoms with van der Waals surface area (Å²) in [4.78, 5) is 12.8.